The molecule has 0 radical (unpaired) electrons. The van der Waals surface area contributed by atoms with E-state index in [4.69, 9.17) is 5.11 Å². The highest BCUT2D eigenvalue weighted by atomic mass is 31.1. The molecule has 2 nitrogen and oxygen atoms in total. The van der Waals surface area contributed by atoms with Crippen LogP contribution in [-0.2, 0) is 4.79 Å². The Balaban J connectivity index is 1.95. The highest BCUT2D eigenvalue weighted by Crippen LogP contribution is 2.57. The molecule has 2 heterocycles. The molecular weight excluding hydrogens is 195 g/mol. The average molecular weight is 214 g/mol. The first-order valence-electron chi connectivity index (χ1n) is 5.70. The van der Waals surface area contributed by atoms with Crippen molar-refractivity contribution in [3.8, 4) is 0 Å². The Morgan fingerprint density at radius 2 is 2.21 bits per heavy atom. The van der Waals surface area contributed by atoms with Gasteiger partial charge in [0.15, 0.2) is 0 Å². The van der Waals surface area contributed by atoms with Crippen molar-refractivity contribution in [1.82, 2.24) is 0 Å². The summed E-state index contributed by atoms with van der Waals surface area (Å²) in [5, 5.41) is 9.20. The minimum absolute atomic E-state index is 0.389. The molecule has 0 aromatic heterocycles. The normalized spacial score (nSPS) is 38.4. The standard InChI is InChI=1S/C11H19O2P/c12-10(13)5-8-11-6-2-1-3-9(14-11)4-7-11/h9,14H,1-8H2,(H,12,13). The topological polar surface area (TPSA) is 37.3 Å². The van der Waals surface area contributed by atoms with Gasteiger partial charge < -0.3 is 5.11 Å². The summed E-state index contributed by atoms with van der Waals surface area (Å²) in [6, 6.07) is 0. The van der Waals surface area contributed by atoms with Gasteiger partial charge in [-0.3, -0.25) is 4.79 Å². The van der Waals surface area contributed by atoms with Crippen molar-refractivity contribution in [1.29, 1.82) is 0 Å². The summed E-state index contributed by atoms with van der Waals surface area (Å²) < 4.78 is 0. The summed E-state index contributed by atoms with van der Waals surface area (Å²) in [7, 11) is 1.06. The monoisotopic (exact) mass is 214 g/mol. The van der Waals surface area contributed by atoms with Gasteiger partial charge >= 0.3 is 5.97 Å². The first-order chi connectivity index (χ1) is 6.70. The molecule has 2 aliphatic rings. The molecule has 2 fully saturated rings. The zero-order valence-corrected chi connectivity index (χ0v) is 9.59. The summed E-state index contributed by atoms with van der Waals surface area (Å²) in [5.74, 6) is -0.614. The number of rotatable bonds is 3. The molecule has 3 heteroatoms. The molecule has 0 aromatic carbocycles. The van der Waals surface area contributed by atoms with Crippen LogP contribution in [0, 0.1) is 0 Å². The summed E-state index contributed by atoms with van der Waals surface area (Å²) in [6.45, 7) is 0. The van der Waals surface area contributed by atoms with Gasteiger partial charge in [-0.2, -0.15) is 0 Å². The maximum atomic E-state index is 10.6. The lowest BCUT2D eigenvalue weighted by Gasteiger charge is -2.27. The number of hydrogen-bond donors (Lipinski definition) is 1. The Morgan fingerprint density at radius 3 is 3.00 bits per heavy atom. The van der Waals surface area contributed by atoms with E-state index in [1.165, 1.54) is 38.5 Å². The van der Waals surface area contributed by atoms with Crippen LogP contribution in [0.4, 0.5) is 0 Å². The van der Waals surface area contributed by atoms with Crippen molar-refractivity contribution in [2.45, 2.75) is 62.2 Å². The Bertz CT molecular complexity index is 229. The van der Waals surface area contributed by atoms with Crippen LogP contribution in [0.25, 0.3) is 0 Å². The molecule has 3 atom stereocenters. The second-order valence-corrected chi connectivity index (χ2v) is 6.97. The lowest BCUT2D eigenvalue weighted by atomic mass is 9.88. The number of aliphatic carboxylic acids is 1. The second-order valence-electron chi connectivity index (χ2n) is 4.80. The molecule has 0 aliphatic carbocycles. The fourth-order valence-electron chi connectivity index (χ4n) is 2.96. The van der Waals surface area contributed by atoms with E-state index in [1.807, 2.05) is 0 Å². The summed E-state index contributed by atoms with van der Waals surface area (Å²) in [6.07, 6.45) is 9.44. The van der Waals surface area contributed by atoms with Gasteiger partial charge in [0.05, 0.1) is 0 Å². The van der Waals surface area contributed by atoms with Gasteiger partial charge in [-0.15, -0.1) is 8.58 Å². The molecule has 2 rings (SSSR count). The second kappa shape index (κ2) is 4.18. The van der Waals surface area contributed by atoms with E-state index in [0.29, 0.717) is 11.6 Å². The quantitative estimate of drug-likeness (QED) is 0.733. The van der Waals surface area contributed by atoms with Gasteiger partial charge in [-0.05, 0) is 42.9 Å². The summed E-state index contributed by atoms with van der Waals surface area (Å²) in [5.41, 5.74) is 0.950. The van der Waals surface area contributed by atoms with Crippen molar-refractivity contribution in [2.24, 2.45) is 0 Å². The molecule has 1 N–H and O–H groups in total. The van der Waals surface area contributed by atoms with Crippen LogP contribution in [0.3, 0.4) is 0 Å². The summed E-state index contributed by atoms with van der Waals surface area (Å²) >= 11 is 0. The Kier molecular flexibility index (Phi) is 3.11. The van der Waals surface area contributed by atoms with Crippen LogP contribution in [0.5, 0.6) is 0 Å². The van der Waals surface area contributed by atoms with Crippen molar-refractivity contribution in [3.63, 3.8) is 0 Å². The van der Waals surface area contributed by atoms with E-state index in [-0.39, 0.29) is 0 Å². The van der Waals surface area contributed by atoms with Crippen LogP contribution in [0.2, 0.25) is 0 Å². The zero-order valence-electron chi connectivity index (χ0n) is 8.59. The van der Waals surface area contributed by atoms with E-state index < -0.39 is 5.97 Å². The SMILES string of the molecule is O=C(O)CCC12CCCCC(CC1)P2. The predicted octanol–water partition coefficient (Wildman–Crippen LogP) is 3.00. The molecule has 0 aromatic rings. The molecule has 80 valence electrons. The van der Waals surface area contributed by atoms with E-state index >= 15 is 0 Å². The van der Waals surface area contributed by atoms with Gasteiger partial charge in [-0.25, -0.2) is 0 Å². The summed E-state index contributed by atoms with van der Waals surface area (Å²) in [4.78, 5) is 10.6. The van der Waals surface area contributed by atoms with Gasteiger partial charge in [0.1, 0.15) is 0 Å². The molecular formula is C11H19O2P. The van der Waals surface area contributed by atoms with Crippen molar-refractivity contribution >= 4 is 14.6 Å². The zero-order chi connectivity index (χ0) is 10.0. The van der Waals surface area contributed by atoms with Crippen molar-refractivity contribution in [2.75, 3.05) is 0 Å². The number of carboxylic acid groups (broad SMARTS) is 1. The van der Waals surface area contributed by atoms with Gasteiger partial charge in [0.2, 0.25) is 0 Å². The van der Waals surface area contributed by atoms with E-state index in [0.717, 1.165) is 20.7 Å². The first-order valence-corrected chi connectivity index (χ1v) is 6.77. The van der Waals surface area contributed by atoms with Crippen molar-refractivity contribution < 1.29 is 9.90 Å². The van der Waals surface area contributed by atoms with E-state index in [9.17, 15) is 4.79 Å². The molecule has 2 aliphatic heterocycles. The number of carbonyl (C=O) groups is 1. The van der Waals surface area contributed by atoms with E-state index in [2.05, 4.69) is 0 Å². The molecule has 2 saturated heterocycles. The molecule has 14 heavy (non-hydrogen) atoms. The van der Waals surface area contributed by atoms with Crippen LogP contribution in [0.1, 0.15) is 51.4 Å². The van der Waals surface area contributed by atoms with Crippen LogP contribution in [0.15, 0.2) is 0 Å². The Morgan fingerprint density at radius 1 is 1.36 bits per heavy atom. The number of fused-ring (bicyclic) bond motifs is 2. The molecule has 0 amide bonds. The highest BCUT2D eigenvalue weighted by molar-refractivity contribution is 7.41. The Hall–Kier alpha value is -0.100. The smallest absolute Gasteiger partial charge is 0.303 e. The first kappa shape index (κ1) is 10.4. The lowest BCUT2D eigenvalue weighted by Crippen LogP contribution is -2.20. The largest absolute Gasteiger partial charge is 0.481 e. The Labute approximate surface area is 87.2 Å². The molecule has 3 unspecified atom stereocenters. The fraction of sp³-hybridized carbons (Fsp3) is 0.909. The maximum Gasteiger partial charge on any atom is 0.303 e. The third-order valence-corrected chi connectivity index (χ3v) is 6.10. The van der Waals surface area contributed by atoms with Crippen LogP contribution >= 0.6 is 8.58 Å². The average Bonchev–Trinajstić information content (AvgIpc) is 2.40. The third kappa shape index (κ3) is 2.28. The third-order valence-electron chi connectivity index (χ3n) is 3.76. The van der Waals surface area contributed by atoms with Crippen molar-refractivity contribution in [3.05, 3.63) is 0 Å². The highest BCUT2D eigenvalue weighted by Gasteiger charge is 2.39. The molecule has 2 bridgehead atoms. The van der Waals surface area contributed by atoms with Crippen LogP contribution in [-0.4, -0.2) is 21.9 Å². The van der Waals surface area contributed by atoms with Crippen LogP contribution < -0.4 is 0 Å². The molecule has 0 saturated carbocycles. The minimum atomic E-state index is -0.614. The van der Waals surface area contributed by atoms with E-state index in [1.54, 1.807) is 0 Å². The maximum absolute atomic E-state index is 10.6. The number of hydrogen-bond acceptors (Lipinski definition) is 1. The van der Waals surface area contributed by atoms with Gasteiger partial charge in [0.25, 0.3) is 0 Å². The lowest BCUT2D eigenvalue weighted by molar-refractivity contribution is -0.137. The van der Waals surface area contributed by atoms with Gasteiger partial charge in [-0.1, -0.05) is 12.8 Å². The van der Waals surface area contributed by atoms with Gasteiger partial charge in [0, 0.05) is 6.42 Å². The minimum Gasteiger partial charge on any atom is -0.481 e. The fourth-order valence-corrected chi connectivity index (χ4v) is 5.35. The molecule has 0 spiro atoms. The number of carboxylic acids is 1. The predicted molar refractivity (Wildman–Crippen MR) is 59.4 cm³/mol.